The van der Waals surface area contributed by atoms with E-state index >= 15 is 0 Å². The highest BCUT2D eigenvalue weighted by Crippen LogP contribution is 2.21. The van der Waals surface area contributed by atoms with Gasteiger partial charge in [-0.3, -0.25) is 4.79 Å². The molecule has 1 amide bonds. The van der Waals surface area contributed by atoms with Crippen molar-refractivity contribution in [1.82, 2.24) is 15.5 Å². The lowest BCUT2D eigenvalue weighted by atomic mass is 10.1. The number of rotatable bonds is 5. The first kappa shape index (κ1) is 17.4. The normalized spacial score (nSPS) is 14.6. The third-order valence-electron chi connectivity index (χ3n) is 4.42. The molecule has 132 valence electrons. The summed E-state index contributed by atoms with van der Waals surface area (Å²) in [6, 6.07) is 11.6. The monoisotopic (exact) mass is 338 g/mol. The number of hydrogen-bond donors (Lipinski definition) is 1. The Bertz CT molecular complexity index is 706. The number of nitrogens with one attached hydrogen (secondary N) is 1. The molecular formula is C20H26N4O. The van der Waals surface area contributed by atoms with E-state index in [9.17, 15) is 4.79 Å². The number of piperidine rings is 1. The van der Waals surface area contributed by atoms with Gasteiger partial charge in [0.15, 0.2) is 5.82 Å². The third-order valence-corrected chi connectivity index (χ3v) is 4.42. The molecule has 0 bridgehead atoms. The number of amides is 1. The first-order valence-electron chi connectivity index (χ1n) is 9.11. The van der Waals surface area contributed by atoms with Crippen molar-refractivity contribution >= 4 is 11.7 Å². The van der Waals surface area contributed by atoms with Crippen LogP contribution in [0.25, 0.3) is 11.3 Å². The molecule has 5 heteroatoms. The van der Waals surface area contributed by atoms with Gasteiger partial charge in [-0.05, 0) is 49.4 Å². The average molecular weight is 338 g/mol. The highest BCUT2D eigenvalue weighted by molar-refractivity contribution is 5.95. The summed E-state index contributed by atoms with van der Waals surface area (Å²) < 4.78 is 0. The number of nitrogens with zero attached hydrogens (tertiary/aromatic N) is 3. The van der Waals surface area contributed by atoms with E-state index in [0.717, 1.165) is 30.2 Å². The van der Waals surface area contributed by atoms with Crippen LogP contribution in [0.15, 0.2) is 36.4 Å². The van der Waals surface area contributed by atoms with Gasteiger partial charge < -0.3 is 10.2 Å². The summed E-state index contributed by atoms with van der Waals surface area (Å²) in [4.78, 5) is 14.5. The van der Waals surface area contributed by atoms with Gasteiger partial charge in [0.2, 0.25) is 0 Å². The van der Waals surface area contributed by atoms with Crippen LogP contribution in [-0.4, -0.2) is 35.7 Å². The zero-order valence-electron chi connectivity index (χ0n) is 15.0. The van der Waals surface area contributed by atoms with Crippen LogP contribution in [0.3, 0.4) is 0 Å². The molecule has 2 heterocycles. The molecule has 2 aromatic rings. The van der Waals surface area contributed by atoms with E-state index in [0.29, 0.717) is 18.0 Å². The quantitative estimate of drug-likeness (QED) is 0.906. The largest absolute Gasteiger partial charge is 0.355 e. The van der Waals surface area contributed by atoms with Crippen molar-refractivity contribution in [1.29, 1.82) is 0 Å². The predicted octanol–water partition coefficient (Wildman–Crippen LogP) is 3.52. The van der Waals surface area contributed by atoms with Gasteiger partial charge in [0.1, 0.15) is 0 Å². The highest BCUT2D eigenvalue weighted by atomic mass is 16.1. The van der Waals surface area contributed by atoms with Gasteiger partial charge in [-0.25, -0.2) is 0 Å². The van der Waals surface area contributed by atoms with Crippen molar-refractivity contribution in [2.75, 3.05) is 24.5 Å². The number of benzene rings is 1. The fourth-order valence-electron chi connectivity index (χ4n) is 2.99. The molecule has 0 radical (unpaired) electrons. The second-order valence-electron chi connectivity index (χ2n) is 7.01. The standard InChI is InChI=1S/C20H26N4O/c1-15(2)14-21-20(25)17-8-6-7-16(13-17)18-9-10-19(23-22-18)24-11-4-3-5-12-24/h6-10,13,15H,3-5,11-12,14H2,1-2H3,(H,21,25). The minimum atomic E-state index is -0.0477. The zero-order valence-corrected chi connectivity index (χ0v) is 15.0. The summed E-state index contributed by atoms with van der Waals surface area (Å²) in [6.07, 6.45) is 3.74. The second kappa shape index (κ2) is 8.10. The van der Waals surface area contributed by atoms with Crippen molar-refractivity contribution in [2.45, 2.75) is 33.1 Å². The molecule has 1 saturated heterocycles. The number of carbonyl (C=O) groups is 1. The van der Waals surface area contributed by atoms with Crippen LogP contribution < -0.4 is 10.2 Å². The smallest absolute Gasteiger partial charge is 0.251 e. The lowest BCUT2D eigenvalue weighted by molar-refractivity contribution is 0.0949. The van der Waals surface area contributed by atoms with Crippen molar-refractivity contribution in [2.24, 2.45) is 5.92 Å². The fraction of sp³-hybridized carbons (Fsp3) is 0.450. The summed E-state index contributed by atoms with van der Waals surface area (Å²) in [5.41, 5.74) is 2.36. The second-order valence-corrected chi connectivity index (χ2v) is 7.01. The lowest BCUT2D eigenvalue weighted by Gasteiger charge is -2.27. The van der Waals surface area contributed by atoms with E-state index in [4.69, 9.17) is 0 Å². The molecule has 3 rings (SSSR count). The molecule has 0 unspecified atom stereocenters. The maximum absolute atomic E-state index is 12.2. The Kier molecular flexibility index (Phi) is 5.64. The summed E-state index contributed by atoms with van der Waals surface area (Å²) in [5.74, 6) is 1.32. The van der Waals surface area contributed by atoms with Crippen LogP contribution in [0.4, 0.5) is 5.82 Å². The first-order chi connectivity index (χ1) is 12.1. The van der Waals surface area contributed by atoms with Crippen LogP contribution in [0.2, 0.25) is 0 Å². The molecule has 1 fully saturated rings. The number of anilines is 1. The maximum atomic E-state index is 12.2. The SMILES string of the molecule is CC(C)CNC(=O)c1cccc(-c2ccc(N3CCCCC3)nn2)c1. The van der Waals surface area contributed by atoms with Crippen LogP contribution in [0, 0.1) is 5.92 Å². The molecule has 5 nitrogen and oxygen atoms in total. The van der Waals surface area contributed by atoms with E-state index in [2.05, 4.69) is 34.3 Å². The summed E-state index contributed by atoms with van der Waals surface area (Å²) in [6.45, 7) is 6.94. The molecule has 0 aliphatic carbocycles. The first-order valence-corrected chi connectivity index (χ1v) is 9.11. The molecule has 0 spiro atoms. The Balaban J connectivity index is 1.73. The van der Waals surface area contributed by atoms with Crippen LogP contribution in [0.5, 0.6) is 0 Å². The van der Waals surface area contributed by atoms with Gasteiger partial charge in [0.05, 0.1) is 5.69 Å². The van der Waals surface area contributed by atoms with Gasteiger partial charge >= 0.3 is 0 Å². The number of aromatic nitrogens is 2. The summed E-state index contributed by atoms with van der Waals surface area (Å²) >= 11 is 0. The Labute approximate surface area is 149 Å². The Morgan fingerprint density at radius 3 is 2.60 bits per heavy atom. The topological polar surface area (TPSA) is 58.1 Å². The third kappa shape index (κ3) is 4.56. The van der Waals surface area contributed by atoms with E-state index in [1.807, 2.05) is 36.4 Å². The van der Waals surface area contributed by atoms with E-state index in [1.54, 1.807) is 0 Å². The Morgan fingerprint density at radius 1 is 1.12 bits per heavy atom. The molecule has 25 heavy (non-hydrogen) atoms. The molecule has 1 aromatic heterocycles. The molecule has 1 N–H and O–H groups in total. The van der Waals surface area contributed by atoms with Gasteiger partial charge in [-0.2, -0.15) is 0 Å². The number of carbonyl (C=O) groups excluding carboxylic acids is 1. The van der Waals surface area contributed by atoms with E-state index < -0.39 is 0 Å². The van der Waals surface area contributed by atoms with Crippen LogP contribution >= 0.6 is 0 Å². The van der Waals surface area contributed by atoms with Gasteiger partial charge in [0.25, 0.3) is 5.91 Å². The zero-order chi connectivity index (χ0) is 17.6. The van der Waals surface area contributed by atoms with Crippen molar-refractivity contribution < 1.29 is 4.79 Å². The lowest BCUT2D eigenvalue weighted by Crippen LogP contribution is -2.30. The van der Waals surface area contributed by atoms with E-state index in [1.165, 1.54) is 19.3 Å². The maximum Gasteiger partial charge on any atom is 0.251 e. The highest BCUT2D eigenvalue weighted by Gasteiger charge is 2.13. The van der Waals surface area contributed by atoms with E-state index in [-0.39, 0.29) is 5.91 Å². The van der Waals surface area contributed by atoms with Crippen LogP contribution in [-0.2, 0) is 0 Å². The molecule has 0 atom stereocenters. The molecule has 1 aliphatic heterocycles. The minimum absolute atomic E-state index is 0.0477. The molecule has 1 aliphatic rings. The van der Waals surface area contributed by atoms with Crippen molar-refractivity contribution in [3.8, 4) is 11.3 Å². The van der Waals surface area contributed by atoms with Gasteiger partial charge in [-0.15, -0.1) is 10.2 Å². The van der Waals surface area contributed by atoms with Crippen LogP contribution in [0.1, 0.15) is 43.5 Å². The average Bonchev–Trinajstić information content (AvgIpc) is 2.67. The molecule has 1 aromatic carbocycles. The predicted molar refractivity (Wildman–Crippen MR) is 101 cm³/mol. The van der Waals surface area contributed by atoms with Crippen molar-refractivity contribution in [3.63, 3.8) is 0 Å². The Morgan fingerprint density at radius 2 is 1.92 bits per heavy atom. The van der Waals surface area contributed by atoms with Crippen molar-refractivity contribution in [3.05, 3.63) is 42.0 Å². The summed E-state index contributed by atoms with van der Waals surface area (Å²) in [5, 5.41) is 11.7. The van der Waals surface area contributed by atoms with Gasteiger partial charge in [-0.1, -0.05) is 26.0 Å². The molecule has 0 saturated carbocycles. The summed E-state index contributed by atoms with van der Waals surface area (Å²) in [7, 11) is 0. The Hall–Kier alpha value is -2.43. The minimum Gasteiger partial charge on any atom is -0.355 e. The molecular weight excluding hydrogens is 312 g/mol. The fourth-order valence-corrected chi connectivity index (χ4v) is 2.99. The van der Waals surface area contributed by atoms with Gasteiger partial charge in [0, 0.05) is 30.8 Å². The number of hydrogen-bond acceptors (Lipinski definition) is 4.